The topological polar surface area (TPSA) is 94.1 Å². The van der Waals surface area contributed by atoms with Gasteiger partial charge in [-0.25, -0.2) is 9.07 Å². The van der Waals surface area contributed by atoms with E-state index in [0.717, 1.165) is 38.1 Å². The monoisotopic (exact) mass is 495 g/mol. The normalized spacial score (nSPS) is 22.2. The molecule has 0 spiro atoms. The summed E-state index contributed by atoms with van der Waals surface area (Å²) in [6, 6.07) is 2.97. The summed E-state index contributed by atoms with van der Waals surface area (Å²) in [4.78, 5) is 10.8. The van der Waals surface area contributed by atoms with Gasteiger partial charge >= 0.3 is 18.2 Å². The molecule has 3 aromatic rings. The molecule has 1 aromatic carbocycles. The number of rotatable bonds is 6. The van der Waals surface area contributed by atoms with Gasteiger partial charge in [0.25, 0.3) is 0 Å². The van der Waals surface area contributed by atoms with Crippen molar-refractivity contribution in [2.75, 3.05) is 23.3 Å². The molecule has 2 aliphatic rings. The summed E-state index contributed by atoms with van der Waals surface area (Å²) in [5.74, 6) is -0.00808. The van der Waals surface area contributed by atoms with E-state index in [4.69, 9.17) is 9.26 Å². The highest BCUT2D eigenvalue weighted by atomic mass is 19.4. The second kappa shape index (κ2) is 8.68. The predicted molar refractivity (Wildman–Crippen MR) is 117 cm³/mol. The first-order valence-electron chi connectivity index (χ1n) is 11.4. The SMILES string of the molecule is Cc1noc(N2CC3CCC(C2)C3Nc2nc(Oc3ccc(F)c(C(F)(F)F)c3)n(C(C)C)n2)n1. The Hall–Kier alpha value is -3.38. The number of nitrogens with one attached hydrogen (secondary N) is 1. The van der Waals surface area contributed by atoms with Crippen molar-refractivity contribution in [1.29, 1.82) is 0 Å². The summed E-state index contributed by atoms with van der Waals surface area (Å²) >= 11 is 0. The number of hydrogen-bond donors (Lipinski definition) is 1. The van der Waals surface area contributed by atoms with Crippen molar-refractivity contribution < 1.29 is 26.8 Å². The van der Waals surface area contributed by atoms with Crippen LogP contribution in [-0.4, -0.2) is 44.0 Å². The lowest BCUT2D eigenvalue weighted by atomic mass is 9.92. The molecule has 1 saturated heterocycles. The maximum atomic E-state index is 13.7. The number of nitrogens with zero attached hydrogens (tertiary/aromatic N) is 6. The molecule has 5 rings (SSSR count). The van der Waals surface area contributed by atoms with E-state index < -0.39 is 17.6 Å². The van der Waals surface area contributed by atoms with Crippen molar-refractivity contribution in [3.63, 3.8) is 0 Å². The zero-order valence-electron chi connectivity index (χ0n) is 19.4. The number of aryl methyl sites for hydroxylation is 1. The van der Waals surface area contributed by atoms with E-state index in [9.17, 15) is 17.6 Å². The Morgan fingerprint density at radius 2 is 1.86 bits per heavy atom. The van der Waals surface area contributed by atoms with E-state index in [-0.39, 0.29) is 23.8 Å². The summed E-state index contributed by atoms with van der Waals surface area (Å²) in [5.41, 5.74) is -1.40. The van der Waals surface area contributed by atoms with Crippen molar-refractivity contribution >= 4 is 12.0 Å². The average molecular weight is 495 g/mol. The van der Waals surface area contributed by atoms with Crippen LogP contribution < -0.4 is 15.0 Å². The van der Waals surface area contributed by atoms with Crippen molar-refractivity contribution in [1.82, 2.24) is 24.9 Å². The highest BCUT2D eigenvalue weighted by molar-refractivity contribution is 5.37. The van der Waals surface area contributed by atoms with Crippen LogP contribution in [0.15, 0.2) is 22.7 Å². The first-order valence-corrected chi connectivity index (χ1v) is 11.4. The smallest absolute Gasteiger partial charge is 0.419 e. The van der Waals surface area contributed by atoms with Crippen molar-refractivity contribution in [2.24, 2.45) is 11.8 Å². The van der Waals surface area contributed by atoms with E-state index in [1.807, 2.05) is 13.8 Å². The molecule has 3 heterocycles. The number of hydrogen-bond acceptors (Lipinski definition) is 8. The lowest BCUT2D eigenvalue weighted by Crippen LogP contribution is -2.48. The Labute approximate surface area is 198 Å². The van der Waals surface area contributed by atoms with Gasteiger partial charge in [-0.15, -0.1) is 5.10 Å². The van der Waals surface area contributed by atoms with Crippen LogP contribution in [0.5, 0.6) is 11.8 Å². The quantitative estimate of drug-likeness (QED) is 0.486. The highest BCUT2D eigenvalue weighted by Gasteiger charge is 2.44. The molecule has 1 aliphatic heterocycles. The maximum Gasteiger partial charge on any atom is 0.419 e. The number of anilines is 2. The van der Waals surface area contributed by atoms with E-state index >= 15 is 0 Å². The number of piperidine rings is 1. The van der Waals surface area contributed by atoms with Crippen LogP contribution in [0, 0.1) is 24.6 Å². The van der Waals surface area contributed by atoms with Crippen molar-refractivity contribution in [2.45, 2.75) is 51.9 Å². The summed E-state index contributed by atoms with van der Waals surface area (Å²) in [5, 5.41) is 11.8. The van der Waals surface area contributed by atoms with Gasteiger partial charge in [0, 0.05) is 19.1 Å². The van der Waals surface area contributed by atoms with Crippen molar-refractivity contribution in [3.05, 3.63) is 35.4 Å². The number of halogens is 4. The third-order valence-corrected chi connectivity index (χ3v) is 6.46. The van der Waals surface area contributed by atoms with Crippen LogP contribution in [-0.2, 0) is 6.18 Å². The molecule has 0 radical (unpaired) electrons. The van der Waals surface area contributed by atoms with Crippen LogP contribution in [0.3, 0.4) is 0 Å². The molecule has 2 atom stereocenters. The Bertz CT molecular complexity index is 1190. The lowest BCUT2D eigenvalue weighted by Gasteiger charge is -2.37. The largest absolute Gasteiger partial charge is 0.424 e. The molecule has 2 unspecified atom stereocenters. The fraction of sp³-hybridized carbons (Fsp3) is 0.545. The molecule has 2 fully saturated rings. The number of benzene rings is 1. The Morgan fingerprint density at radius 1 is 1.14 bits per heavy atom. The summed E-state index contributed by atoms with van der Waals surface area (Å²) in [6.45, 7) is 6.99. The standard InChI is InChI=1S/C22H25F4N7O2/c1-11(2)33-21(34-15-6-7-17(23)16(8-15)22(24,25)26)29-19(30-33)28-18-13-4-5-14(18)10-32(9-13)20-27-12(3)31-35-20/h6-8,11,13-14,18H,4-5,9-10H2,1-3H3,(H,28,30). The van der Waals surface area contributed by atoms with Crippen molar-refractivity contribution in [3.8, 4) is 11.8 Å². The molecule has 1 saturated carbocycles. The molecule has 1 N–H and O–H groups in total. The first kappa shape index (κ1) is 23.4. The van der Waals surface area contributed by atoms with Gasteiger partial charge in [-0.1, -0.05) is 5.16 Å². The van der Waals surface area contributed by atoms with E-state index in [2.05, 4.69) is 30.4 Å². The molecular weight excluding hydrogens is 470 g/mol. The van der Waals surface area contributed by atoms with Gasteiger partial charge in [0.15, 0.2) is 5.82 Å². The third-order valence-electron chi connectivity index (χ3n) is 6.46. The predicted octanol–water partition coefficient (Wildman–Crippen LogP) is 4.83. The molecule has 188 valence electrons. The fourth-order valence-electron chi connectivity index (χ4n) is 4.84. The highest BCUT2D eigenvalue weighted by Crippen LogP contribution is 2.40. The number of ether oxygens (including phenoxy) is 1. The molecule has 13 heteroatoms. The van der Waals surface area contributed by atoms with E-state index in [0.29, 0.717) is 35.7 Å². The third kappa shape index (κ3) is 4.63. The van der Waals surface area contributed by atoms with Gasteiger partial charge in [-0.2, -0.15) is 23.1 Å². The van der Waals surface area contributed by atoms with Crippen LogP contribution in [0.2, 0.25) is 0 Å². The van der Waals surface area contributed by atoms with Gasteiger partial charge in [0.1, 0.15) is 11.6 Å². The Morgan fingerprint density at radius 3 is 2.46 bits per heavy atom. The maximum absolute atomic E-state index is 13.7. The molecule has 1 aliphatic carbocycles. The van der Waals surface area contributed by atoms with E-state index in [1.54, 1.807) is 6.92 Å². The first-order chi connectivity index (χ1) is 16.6. The zero-order valence-corrected chi connectivity index (χ0v) is 19.4. The van der Waals surface area contributed by atoms with Crippen LogP contribution in [0.1, 0.15) is 44.1 Å². The minimum atomic E-state index is -4.84. The van der Waals surface area contributed by atoms with E-state index in [1.165, 1.54) is 4.68 Å². The number of alkyl halides is 3. The van der Waals surface area contributed by atoms with Crippen LogP contribution in [0.4, 0.5) is 29.5 Å². The minimum Gasteiger partial charge on any atom is -0.424 e. The summed E-state index contributed by atoms with van der Waals surface area (Å²) < 4.78 is 65.4. The summed E-state index contributed by atoms with van der Waals surface area (Å²) in [7, 11) is 0. The van der Waals surface area contributed by atoms with Crippen LogP contribution >= 0.6 is 0 Å². The number of fused-ring (bicyclic) bond motifs is 2. The molecule has 0 amide bonds. The zero-order chi connectivity index (χ0) is 24.9. The Kier molecular flexibility index (Phi) is 5.80. The molecule has 9 nitrogen and oxygen atoms in total. The second-order valence-corrected chi connectivity index (χ2v) is 9.29. The molecule has 2 bridgehead atoms. The van der Waals surface area contributed by atoms with Gasteiger partial charge < -0.3 is 19.5 Å². The van der Waals surface area contributed by atoms with Gasteiger partial charge in [0.2, 0.25) is 5.95 Å². The van der Waals surface area contributed by atoms with Crippen LogP contribution in [0.25, 0.3) is 0 Å². The number of aromatic nitrogens is 5. The van der Waals surface area contributed by atoms with Gasteiger partial charge in [-0.05, 0) is 63.6 Å². The van der Waals surface area contributed by atoms with Gasteiger partial charge in [-0.3, -0.25) is 0 Å². The average Bonchev–Trinajstić information content (AvgIpc) is 3.45. The minimum absolute atomic E-state index is 0.0216. The second-order valence-electron chi connectivity index (χ2n) is 9.29. The Balaban J connectivity index is 1.34. The molecule has 2 aromatic heterocycles. The molecular formula is C22H25F4N7O2. The fourth-order valence-corrected chi connectivity index (χ4v) is 4.84. The lowest BCUT2D eigenvalue weighted by molar-refractivity contribution is -0.140. The molecule has 35 heavy (non-hydrogen) atoms. The van der Waals surface area contributed by atoms with Gasteiger partial charge in [0.05, 0.1) is 11.6 Å². The summed E-state index contributed by atoms with van der Waals surface area (Å²) in [6.07, 6.45) is -2.79.